The van der Waals surface area contributed by atoms with E-state index in [1.165, 1.54) is 16.8 Å². The summed E-state index contributed by atoms with van der Waals surface area (Å²) in [5.74, 6) is 0.0402. The lowest BCUT2D eigenvalue weighted by molar-refractivity contribution is -0.752. The molecule has 1 heterocycles. The molecular weight excluding hydrogens is 192 g/mol. The van der Waals surface area contributed by atoms with Gasteiger partial charge in [-0.3, -0.25) is 4.79 Å². The van der Waals surface area contributed by atoms with Gasteiger partial charge < -0.3 is 5.11 Å². The second kappa shape index (κ2) is 3.96. The number of rotatable bonds is 2. The molecule has 0 unspecified atom stereocenters. The maximum atomic E-state index is 11.0. The normalized spacial score (nSPS) is 10.1. The lowest BCUT2D eigenvalue weighted by atomic mass is 10.2. The molecule has 0 spiro atoms. The van der Waals surface area contributed by atoms with Crippen LogP contribution in [-0.2, 0) is 6.54 Å². The van der Waals surface area contributed by atoms with E-state index in [0.29, 0.717) is 6.54 Å². The molecule has 2 N–H and O–H groups in total. The van der Waals surface area contributed by atoms with Gasteiger partial charge in [-0.05, 0) is 0 Å². The maximum absolute atomic E-state index is 11.0. The summed E-state index contributed by atoms with van der Waals surface area (Å²) < 4.78 is 1.40. The van der Waals surface area contributed by atoms with E-state index in [1.54, 1.807) is 0 Å². The van der Waals surface area contributed by atoms with Crippen molar-refractivity contribution in [2.75, 3.05) is 0 Å². The van der Waals surface area contributed by atoms with Crippen LogP contribution in [0.1, 0.15) is 5.56 Å². The van der Waals surface area contributed by atoms with Crippen LogP contribution in [-0.4, -0.2) is 10.2 Å². The zero-order chi connectivity index (χ0) is 10.7. The monoisotopic (exact) mass is 203 g/mol. The van der Waals surface area contributed by atoms with Crippen molar-refractivity contribution in [2.24, 2.45) is 0 Å². The first-order chi connectivity index (χ1) is 7.25. The van der Waals surface area contributed by atoms with E-state index < -0.39 is 0 Å². The third-order valence-corrected chi connectivity index (χ3v) is 2.09. The van der Waals surface area contributed by atoms with Crippen LogP contribution in [0.5, 0.6) is 5.88 Å². The highest BCUT2D eigenvalue weighted by Crippen LogP contribution is 2.00. The van der Waals surface area contributed by atoms with Crippen molar-refractivity contribution in [3.8, 4) is 5.88 Å². The Morgan fingerprint density at radius 2 is 1.87 bits per heavy atom. The first-order valence-corrected chi connectivity index (χ1v) is 4.62. The van der Waals surface area contributed by atoms with Crippen molar-refractivity contribution in [1.82, 2.24) is 5.10 Å². The van der Waals surface area contributed by atoms with E-state index in [0.717, 1.165) is 5.56 Å². The number of aromatic hydroxyl groups is 1. The minimum Gasteiger partial charge on any atom is -0.458 e. The zero-order valence-electron chi connectivity index (χ0n) is 8.05. The minimum atomic E-state index is -0.233. The van der Waals surface area contributed by atoms with Crippen LogP contribution in [0.4, 0.5) is 0 Å². The van der Waals surface area contributed by atoms with Gasteiger partial charge >= 0.3 is 5.88 Å². The Morgan fingerprint density at radius 3 is 2.60 bits per heavy atom. The minimum absolute atomic E-state index is 0.0402. The highest BCUT2D eigenvalue weighted by atomic mass is 16.3. The molecule has 1 aromatic carbocycles. The topological polar surface area (TPSA) is 57.0 Å². The van der Waals surface area contributed by atoms with Gasteiger partial charge in [0.05, 0.1) is 6.07 Å². The number of hydrogen-bond donors (Lipinski definition) is 2. The van der Waals surface area contributed by atoms with Crippen LogP contribution >= 0.6 is 0 Å². The summed E-state index contributed by atoms with van der Waals surface area (Å²) in [6.45, 7) is 0.447. The Hall–Kier alpha value is -2.10. The lowest BCUT2D eigenvalue weighted by Crippen LogP contribution is -2.42. The van der Waals surface area contributed by atoms with Gasteiger partial charge in [0.2, 0.25) is 6.54 Å². The Bertz CT molecular complexity index is 505. The maximum Gasteiger partial charge on any atom is 0.389 e. The molecule has 4 nitrogen and oxygen atoms in total. The van der Waals surface area contributed by atoms with Crippen molar-refractivity contribution in [1.29, 1.82) is 0 Å². The van der Waals surface area contributed by atoms with Gasteiger partial charge in [0, 0.05) is 11.6 Å². The summed E-state index contributed by atoms with van der Waals surface area (Å²) in [6, 6.07) is 12.3. The molecule has 0 aliphatic heterocycles. The van der Waals surface area contributed by atoms with Crippen LogP contribution in [0.2, 0.25) is 0 Å². The second-order valence-electron chi connectivity index (χ2n) is 3.24. The molecule has 4 heteroatoms. The van der Waals surface area contributed by atoms with Crippen LogP contribution in [0.15, 0.2) is 47.3 Å². The van der Waals surface area contributed by atoms with Crippen molar-refractivity contribution in [3.63, 3.8) is 0 Å². The number of H-pyrrole nitrogens is 1. The van der Waals surface area contributed by atoms with E-state index in [1.807, 2.05) is 30.3 Å². The van der Waals surface area contributed by atoms with Crippen molar-refractivity contribution in [3.05, 3.63) is 58.4 Å². The number of nitrogens with one attached hydrogen (secondary N) is 1. The van der Waals surface area contributed by atoms with Gasteiger partial charge in [0.15, 0.2) is 0 Å². The van der Waals surface area contributed by atoms with Crippen LogP contribution in [0.3, 0.4) is 0 Å². The van der Waals surface area contributed by atoms with Crippen molar-refractivity contribution < 1.29 is 9.79 Å². The summed E-state index contributed by atoms with van der Waals surface area (Å²) in [6.07, 6.45) is 0. The first-order valence-electron chi connectivity index (χ1n) is 4.62. The fraction of sp³-hybridized carbons (Fsp3) is 0.0909. The average molecular weight is 203 g/mol. The number of benzene rings is 1. The smallest absolute Gasteiger partial charge is 0.389 e. The van der Waals surface area contributed by atoms with Crippen molar-refractivity contribution >= 4 is 0 Å². The highest BCUT2D eigenvalue weighted by Gasteiger charge is 2.09. The third-order valence-electron chi connectivity index (χ3n) is 2.09. The largest absolute Gasteiger partial charge is 0.458 e. The molecule has 15 heavy (non-hydrogen) atoms. The Kier molecular flexibility index (Phi) is 2.49. The predicted molar refractivity (Wildman–Crippen MR) is 54.5 cm³/mol. The molecule has 2 aromatic rings. The van der Waals surface area contributed by atoms with Crippen molar-refractivity contribution in [2.45, 2.75) is 6.54 Å². The molecule has 0 atom stereocenters. The molecule has 0 radical (unpaired) electrons. The van der Waals surface area contributed by atoms with E-state index in [9.17, 15) is 9.90 Å². The first kappa shape index (κ1) is 9.45. The van der Waals surface area contributed by atoms with Gasteiger partial charge in [-0.25, -0.2) is 0 Å². The summed E-state index contributed by atoms with van der Waals surface area (Å²) >= 11 is 0. The molecular formula is C11H11N2O2+. The van der Waals surface area contributed by atoms with Gasteiger partial charge in [-0.1, -0.05) is 35.0 Å². The average Bonchev–Trinajstić information content (AvgIpc) is 2.25. The molecule has 2 rings (SSSR count). The van der Waals surface area contributed by atoms with Crippen LogP contribution < -0.4 is 10.2 Å². The summed E-state index contributed by atoms with van der Waals surface area (Å²) in [5, 5.41) is 12.0. The molecule has 0 aliphatic carbocycles. The number of nitrogens with zero attached hydrogens (tertiary/aromatic N) is 1. The SMILES string of the molecule is O=c1ccc(O)[n+](Cc2ccccc2)[nH]1. The van der Waals surface area contributed by atoms with E-state index in [2.05, 4.69) is 5.10 Å². The molecule has 0 saturated carbocycles. The molecule has 0 fully saturated rings. The Morgan fingerprint density at radius 1 is 1.13 bits per heavy atom. The number of aromatic nitrogens is 2. The van der Waals surface area contributed by atoms with E-state index >= 15 is 0 Å². The van der Waals surface area contributed by atoms with Crippen LogP contribution in [0, 0.1) is 0 Å². The third kappa shape index (κ3) is 2.22. The summed E-state index contributed by atoms with van der Waals surface area (Å²) in [4.78, 5) is 11.0. The zero-order valence-corrected chi connectivity index (χ0v) is 8.05. The molecule has 0 amide bonds. The van der Waals surface area contributed by atoms with Gasteiger partial charge in [0.1, 0.15) is 0 Å². The fourth-order valence-corrected chi connectivity index (χ4v) is 1.35. The molecule has 0 saturated heterocycles. The van der Waals surface area contributed by atoms with Crippen LogP contribution in [0.25, 0.3) is 0 Å². The van der Waals surface area contributed by atoms with E-state index in [4.69, 9.17) is 0 Å². The quantitative estimate of drug-likeness (QED) is 0.695. The lowest BCUT2D eigenvalue weighted by Gasteiger charge is -1.97. The standard InChI is InChI=1S/C11H10N2O2/c14-10-6-7-11(15)13(12-10)8-9-4-2-1-3-5-9/h1-7H,8H2,(H,12,14)/p+1. The number of aromatic amines is 1. The Labute approximate surface area is 86.4 Å². The van der Waals surface area contributed by atoms with E-state index in [-0.39, 0.29) is 11.4 Å². The number of hydrogen-bond acceptors (Lipinski definition) is 2. The summed E-state index contributed by atoms with van der Waals surface area (Å²) in [7, 11) is 0. The molecule has 1 aromatic heterocycles. The highest BCUT2D eigenvalue weighted by molar-refractivity contribution is 5.13. The van der Waals surface area contributed by atoms with Gasteiger partial charge in [-0.2, -0.15) is 0 Å². The fourth-order valence-electron chi connectivity index (χ4n) is 1.35. The van der Waals surface area contributed by atoms with Gasteiger partial charge in [-0.15, -0.1) is 5.10 Å². The molecule has 76 valence electrons. The van der Waals surface area contributed by atoms with Gasteiger partial charge in [0.25, 0.3) is 5.56 Å². The Balaban J connectivity index is 2.32. The molecule has 0 bridgehead atoms. The predicted octanol–water partition coefficient (Wildman–Crippen LogP) is 0.416. The molecule has 0 aliphatic rings. The summed E-state index contributed by atoms with van der Waals surface area (Å²) in [5.41, 5.74) is 0.781. The second-order valence-corrected chi connectivity index (χ2v) is 3.24.